The van der Waals surface area contributed by atoms with Gasteiger partial charge >= 0.3 is 15.2 Å². The highest BCUT2D eigenvalue weighted by Crippen LogP contribution is 2.78. The first-order valence-corrected chi connectivity index (χ1v) is 11.0. The van der Waals surface area contributed by atoms with Crippen LogP contribution in [0.3, 0.4) is 0 Å². The van der Waals surface area contributed by atoms with Gasteiger partial charge in [-0.05, 0) is 33.3 Å². The van der Waals surface area contributed by atoms with E-state index in [1.807, 2.05) is 6.07 Å². The number of benzene rings is 1. The van der Waals surface area contributed by atoms with Gasteiger partial charge in [0.1, 0.15) is 0 Å². The molecule has 0 saturated carbocycles. The third-order valence-corrected chi connectivity index (χ3v) is 8.90. The van der Waals surface area contributed by atoms with Crippen molar-refractivity contribution in [3.63, 3.8) is 0 Å². The van der Waals surface area contributed by atoms with E-state index < -0.39 is 20.6 Å². The molecule has 1 aromatic carbocycles. The van der Waals surface area contributed by atoms with Crippen LogP contribution >= 0.6 is 15.2 Å². The highest BCUT2D eigenvalue weighted by molar-refractivity contribution is 7.72. The van der Waals surface area contributed by atoms with Crippen LogP contribution in [-0.2, 0) is 27.2 Å². The molecule has 132 valence electrons. The van der Waals surface area contributed by atoms with Gasteiger partial charge in [0.15, 0.2) is 5.40 Å². The van der Waals surface area contributed by atoms with Crippen LogP contribution < -0.4 is 0 Å². The van der Waals surface area contributed by atoms with Crippen molar-refractivity contribution >= 4 is 15.2 Å². The standard InChI is InChI=1S/C15H26O6P2/c1-5-18-22(16,19-6-2)15(14-12-10-9-11-13-14)23(17,20-7-3)21-8-4/h9-13,15H,5-8H2,1-4H3. The Morgan fingerprint density at radius 1 is 0.739 bits per heavy atom. The topological polar surface area (TPSA) is 71.1 Å². The predicted octanol–water partition coefficient (Wildman–Crippen LogP) is 5.22. The van der Waals surface area contributed by atoms with E-state index in [9.17, 15) is 9.13 Å². The normalized spacial score (nSPS) is 12.7. The molecule has 0 N–H and O–H groups in total. The minimum atomic E-state index is -3.75. The van der Waals surface area contributed by atoms with Crippen LogP contribution in [0.2, 0.25) is 0 Å². The largest absolute Gasteiger partial charge is 0.350 e. The average molecular weight is 364 g/mol. The Balaban J connectivity index is 3.47. The van der Waals surface area contributed by atoms with Gasteiger partial charge in [-0.25, -0.2) is 0 Å². The van der Waals surface area contributed by atoms with Gasteiger partial charge in [-0.15, -0.1) is 0 Å². The van der Waals surface area contributed by atoms with E-state index in [0.717, 1.165) is 0 Å². The van der Waals surface area contributed by atoms with E-state index in [4.69, 9.17) is 18.1 Å². The number of hydrogen-bond donors (Lipinski definition) is 0. The summed E-state index contributed by atoms with van der Waals surface area (Å²) in [5, 5.41) is -1.11. The fourth-order valence-corrected chi connectivity index (χ4v) is 7.65. The third kappa shape index (κ3) is 5.25. The lowest BCUT2D eigenvalue weighted by molar-refractivity contribution is 0.195. The van der Waals surface area contributed by atoms with Crippen molar-refractivity contribution in [1.82, 2.24) is 0 Å². The number of rotatable bonds is 11. The Hall–Kier alpha value is -0.480. The summed E-state index contributed by atoms with van der Waals surface area (Å²) in [5.41, 5.74) is 0.544. The molecule has 8 heteroatoms. The summed E-state index contributed by atoms with van der Waals surface area (Å²) in [7, 11) is -7.49. The lowest BCUT2D eigenvalue weighted by Crippen LogP contribution is -2.11. The smallest absolute Gasteiger partial charge is 0.308 e. The first-order valence-electron chi connectivity index (χ1n) is 7.79. The van der Waals surface area contributed by atoms with E-state index in [1.54, 1.807) is 52.0 Å². The zero-order valence-corrected chi connectivity index (χ0v) is 15.9. The van der Waals surface area contributed by atoms with Crippen molar-refractivity contribution in [2.45, 2.75) is 33.1 Å². The van der Waals surface area contributed by atoms with E-state index >= 15 is 0 Å². The second-order valence-corrected chi connectivity index (χ2v) is 9.17. The van der Waals surface area contributed by atoms with Gasteiger partial charge in [0.05, 0.1) is 26.4 Å². The minimum Gasteiger partial charge on any atom is -0.308 e. The van der Waals surface area contributed by atoms with Crippen molar-refractivity contribution in [1.29, 1.82) is 0 Å². The molecule has 0 aromatic heterocycles. The fraction of sp³-hybridized carbons (Fsp3) is 0.600. The van der Waals surface area contributed by atoms with Gasteiger partial charge < -0.3 is 18.1 Å². The molecule has 0 heterocycles. The Labute approximate surface area is 138 Å². The van der Waals surface area contributed by atoms with Gasteiger partial charge in [0, 0.05) is 0 Å². The quantitative estimate of drug-likeness (QED) is 0.502. The maximum atomic E-state index is 13.3. The zero-order valence-electron chi connectivity index (χ0n) is 14.1. The van der Waals surface area contributed by atoms with Crippen LogP contribution in [0.5, 0.6) is 0 Å². The van der Waals surface area contributed by atoms with Gasteiger partial charge in [-0.2, -0.15) is 0 Å². The van der Waals surface area contributed by atoms with Crippen molar-refractivity contribution in [3.8, 4) is 0 Å². The lowest BCUT2D eigenvalue weighted by atomic mass is 10.2. The highest BCUT2D eigenvalue weighted by Gasteiger charge is 2.51. The van der Waals surface area contributed by atoms with Crippen LogP contribution in [0.4, 0.5) is 0 Å². The molecule has 0 saturated heterocycles. The summed E-state index contributed by atoms with van der Waals surface area (Å²) in [6.07, 6.45) is 0. The summed E-state index contributed by atoms with van der Waals surface area (Å²) in [5.74, 6) is 0. The fourth-order valence-electron chi connectivity index (χ4n) is 2.24. The minimum absolute atomic E-state index is 0.166. The van der Waals surface area contributed by atoms with E-state index in [2.05, 4.69) is 0 Å². The predicted molar refractivity (Wildman–Crippen MR) is 90.9 cm³/mol. The average Bonchev–Trinajstić information content (AvgIpc) is 2.49. The molecule has 0 aliphatic rings. The van der Waals surface area contributed by atoms with Gasteiger partial charge in [0.2, 0.25) is 0 Å². The highest BCUT2D eigenvalue weighted by atomic mass is 31.2. The number of hydrogen-bond acceptors (Lipinski definition) is 6. The van der Waals surface area contributed by atoms with Crippen molar-refractivity contribution in [2.24, 2.45) is 0 Å². The van der Waals surface area contributed by atoms with E-state index in [0.29, 0.717) is 5.56 Å². The Kier molecular flexibility index (Phi) is 8.70. The Morgan fingerprint density at radius 3 is 1.39 bits per heavy atom. The molecule has 0 aliphatic heterocycles. The summed E-state index contributed by atoms with van der Waals surface area (Å²) in [4.78, 5) is 0. The molecular weight excluding hydrogens is 338 g/mol. The molecule has 0 amide bonds. The molecule has 23 heavy (non-hydrogen) atoms. The molecule has 1 aromatic rings. The van der Waals surface area contributed by atoms with Crippen molar-refractivity contribution < 1.29 is 27.2 Å². The van der Waals surface area contributed by atoms with Gasteiger partial charge in [0.25, 0.3) is 0 Å². The molecule has 0 aliphatic carbocycles. The molecule has 0 spiro atoms. The van der Waals surface area contributed by atoms with E-state index in [-0.39, 0.29) is 26.4 Å². The van der Waals surface area contributed by atoms with Crippen molar-refractivity contribution in [3.05, 3.63) is 35.9 Å². The van der Waals surface area contributed by atoms with Gasteiger partial charge in [-0.1, -0.05) is 30.3 Å². The maximum Gasteiger partial charge on any atom is 0.350 e. The first-order chi connectivity index (χ1) is 11.0. The monoisotopic (exact) mass is 364 g/mol. The first kappa shape index (κ1) is 20.6. The van der Waals surface area contributed by atoms with Crippen LogP contribution in [-0.4, -0.2) is 26.4 Å². The van der Waals surface area contributed by atoms with Crippen molar-refractivity contribution in [2.75, 3.05) is 26.4 Å². The third-order valence-electron chi connectivity index (χ3n) is 2.93. The van der Waals surface area contributed by atoms with Crippen LogP contribution in [0.15, 0.2) is 30.3 Å². The Bertz CT molecular complexity index is 498. The Morgan fingerprint density at radius 2 is 1.09 bits per heavy atom. The van der Waals surface area contributed by atoms with Gasteiger partial charge in [-0.3, -0.25) is 9.13 Å². The molecule has 6 nitrogen and oxygen atoms in total. The van der Waals surface area contributed by atoms with Crippen LogP contribution in [0.1, 0.15) is 38.7 Å². The molecular formula is C15H26O6P2. The van der Waals surface area contributed by atoms with Crippen LogP contribution in [0.25, 0.3) is 0 Å². The second kappa shape index (κ2) is 9.73. The molecule has 1 rings (SSSR count). The summed E-state index contributed by atoms with van der Waals surface area (Å²) in [6, 6.07) is 8.80. The zero-order chi connectivity index (χ0) is 17.3. The SMILES string of the molecule is CCOP(=O)(OCC)C(c1ccccc1)P(=O)(OCC)OCC. The molecule has 0 bridgehead atoms. The summed E-state index contributed by atoms with van der Waals surface area (Å²) >= 11 is 0. The lowest BCUT2D eigenvalue weighted by Gasteiger charge is -2.31. The summed E-state index contributed by atoms with van der Waals surface area (Å²) in [6.45, 7) is 7.50. The molecule has 0 fully saturated rings. The van der Waals surface area contributed by atoms with E-state index in [1.165, 1.54) is 0 Å². The second-order valence-electron chi connectivity index (χ2n) is 4.54. The molecule has 0 radical (unpaired) electrons. The van der Waals surface area contributed by atoms with Crippen LogP contribution in [0, 0.1) is 0 Å². The molecule has 0 unspecified atom stereocenters. The summed E-state index contributed by atoms with van der Waals surface area (Å²) < 4.78 is 48.4. The maximum absolute atomic E-state index is 13.3. The molecule has 0 atom stereocenters.